The van der Waals surface area contributed by atoms with E-state index in [-0.39, 0.29) is 12.5 Å². The number of thioether (sulfide) groups is 1. The predicted molar refractivity (Wildman–Crippen MR) is 139 cm³/mol. The number of carboxylic acid groups (broad SMARTS) is 1. The van der Waals surface area contributed by atoms with Crippen LogP contribution in [0.5, 0.6) is 5.75 Å². The number of nitrogens with zero attached hydrogens (tertiary/aromatic N) is 1. The second kappa shape index (κ2) is 15.4. The molecule has 2 aromatic rings. The highest BCUT2D eigenvalue weighted by molar-refractivity contribution is 8.00. The first-order chi connectivity index (χ1) is 16.2. The maximum atomic E-state index is 12.7. The van der Waals surface area contributed by atoms with Gasteiger partial charge in [0.2, 0.25) is 5.91 Å². The fourth-order valence-electron chi connectivity index (χ4n) is 3.16. The van der Waals surface area contributed by atoms with Gasteiger partial charge < -0.3 is 19.9 Å². The zero-order chi connectivity index (χ0) is 25.7. The highest BCUT2D eigenvalue weighted by atomic mass is 32.2. The monoisotopic (exact) mass is 490 g/mol. The number of carbonyl (C=O) groups excluding carboxylic acids is 1. The Bertz CT molecular complexity index is 918. The van der Waals surface area contributed by atoms with Crippen LogP contribution < -0.4 is 10.1 Å². The molecule has 188 valence electrons. The molecule has 2 aromatic carbocycles. The molecule has 34 heavy (non-hydrogen) atoms. The Morgan fingerprint density at radius 1 is 1.09 bits per heavy atom. The van der Waals surface area contributed by atoms with Crippen LogP contribution >= 0.6 is 11.8 Å². The Kier molecular flexibility index (Phi) is 13.3. The second-order valence-electron chi connectivity index (χ2n) is 7.63. The number of nitrogens with one attached hydrogen (secondary N) is 1. The van der Waals surface area contributed by atoms with Gasteiger partial charge in [0, 0.05) is 30.8 Å². The van der Waals surface area contributed by atoms with Gasteiger partial charge in [-0.1, -0.05) is 26.0 Å². The van der Waals surface area contributed by atoms with Crippen molar-refractivity contribution in [3.8, 4) is 5.75 Å². The number of methoxy groups -OCH3 is 2. The van der Waals surface area contributed by atoms with Gasteiger partial charge in [-0.3, -0.25) is 14.5 Å². The van der Waals surface area contributed by atoms with Gasteiger partial charge >= 0.3 is 5.97 Å². The van der Waals surface area contributed by atoms with Gasteiger partial charge in [0.15, 0.2) is 0 Å². The lowest BCUT2D eigenvalue weighted by Gasteiger charge is -2.22. The first-order valence-electron chi connectivity index (χ1n) is 11.4. The molecule has 0 aromatic heterocycles. The molecule has 0 saturated carbocycles. The van der Waals surface area contributed by atoms with Gasteiger partial charge in [0.05, 0.1) is 20.3 Å². The van der Waals surface area contributed by atoms with E-state index in [9.17, 15) is 9.59 Å². The van der Waals surface area contributed by atoms with Crippen molar-refractivity contribution in [3.63, 3.8) is 0 Å². The number of benzene rings is 2. The van der Waals surface area contributed by atoms with E-state index in [4.69, 9.17) is 14.6 Å². The van der Waals surface area contributed by atoms with Crippen molar-refractivity contribution in [1.29, 1.82) is 0 Å². The molecule has 0 heterocycles. The van der Waals surface area contributed by atoms with Crippen LogP contribution in [0.1, 0.15) is 37.5 Å². The van der Waals surface area contributed by atoms with Crippen LogP contribution in [0.2, 0.25) is 0 Å². The fraction of sp³-hybridized carbons (Fsp3) is 0.462. The molecule has 0 aliphatic carbocycles. The molecular weight excluding hydrogens is 452 g/mol. The van der Waals surface area contributed by atoms with Crippen molar-refractivity contribution < 1.29 is 24.2 Å². The molecular formula is C26H38N2O5S. The highest BCUT2D eigenvalue weighted by Crippen LogP contribution is 2.26. The minimum absolute atomic E-state index is 0.101. The Hall–Kier alpha value is -2.55. The van der Waals surface area contributed by atoms with Gasteiger partial charge in [-0.25, -0.2) is 0 Å². The summed E-state index contributed by atoms with van der Waals surface area (Å²) >= 11 is 1.30. The zero-order valence-corrected chi connectivity index (χ0v) is 22.1. The van der Waals surface area contributed by atoms with Crippen LogP contribution in [0.15, 0.2) is 41.3 Å². The van der Waals surface area contributed by atoms with Crippen molar-refractivity contribution in [3.05, 3.63) is 53.1 Å². The standard InChI is InChI=1S/C24H32N2O5S.C2H6/c1-16-13-22(31-5)17(2)12-21(16)25-23(27)15-26(10-11-30-4)14-19-6-8-20(9-7-19)32-18(3)24(28)29;1-2/h6-9,12-13,18H,10-11,14-15H2,1-5H3,(H,25,27)(H,28,29);1-2H3. The molecule has 7 nitrogen and oxygen atoms in total. The van der Waals surface area contributed by atoms with Crippen molar-refractivity contribution >= 4 is 29.3 Å². The smallest absolute Gasteiger partial charge is 0.316 e. The van der Waals surface area contributed by atoms with Crippen LogP contribution in [0, 0.1) is 13.8 Å². The molecule has 2 rings (SSSR count). The summed E-state index contributed by atoms with van der Waals surface area (Å²) in [4.78, 5) is 26.7. The Balaban J connectivity index is 0.00000281. The number of aryl methyl sites for hydroxylation is 2. The van der Waals surface area contributed by atoms with Crippen molar-refractivity contribution in [2.24, 2.45) is 0 Å². The third-order valence-corrected chi connectivity index (χ3v) is 6.08. The molecule has 0 radical (unpaired) electrons. The van der Waals surface area contributed by atoms with E-state index in [2.05, 4.69) is 5.32 Å². The summed E-state index contributed by atoms with van der Waals surface area (Å²) in [5.41, 5.74) is 3.71. The van der Waals surface area contributed by atoms with Gasteiger partial charge in [0.25, 0.3) is 0 Å². The van der Waals surface area contributed by atoms with Gasteiger partial charge in [-0.15, -0.1) is 11.8 Å². The third-order valence-electron chi connectivity index (χ3n) is 4.98. The van der Waals surface area contributed by atoms with Gasteiger partial charge in [0.1, 0.15) is 11.0 Å². The number of aliphatic carboxylic acids is 1. The number of ether oxygens (including phenoxy) is 2. The minimum atomic E-state index is -0.835. The summed E-state index contributed by atoms with van der Waals surface area (Å²) in [5.74, 6) is -0.143. The number of rotatable bonds is 12. The van der Waals surface area contributed by atoms with Crippen LogP contribution in [-0.2, 0) is 20.9 Å². The number of hydrogen-bond acceptors (Lipinski definition) is 6. The number of anilines is 1. The molecule has 0 aliphatic heterocycles. The zero-order valence-electron chi connectivity index (χ0n) is 21.3. The lowest BCUT2D eigenvalue weighted by molar-refractivity contribution is -0.136. The van der Waals surface area contributed by atoms with E-state index in [1.54, 1.807) is 21.1 Å². The van der Waals surface area contributed by atoms with E-state index in [1.165, 1.54) is 11.8 Å². The summed E-state index contributed by atoms with van der Waals surface area (Å²) in [6, 6.07) is 11.6. The molecule has 0 fully saturated rings. The number of carboxylic acids is 1. The Labute approximate surface area is 207 Å². The molecule has 0 saturated heterocycles. The van der Waals surface area contributed by atoms with Gasteiger partial charge in [-0.2, -0.15) is 0 Å². The van der Waals surface area contributed by atoms with E-state index in [0.717, 1.165) is 33.0 Å². The number of hydrogen-bond donors (Lipinski definition) is 2. The molecule has 0 aliphatic rings. The molecule has 1 unspecified atom stereocenters. The lowest BCUT2D eigenvalue weighted by Crippen LogP contribution is -2.35. The van der Waals surface area contributed by atoms with Crippen LogP contribution in [0.25, 0.3) is 0 Å². The summed E-state index contributed by atoms with van der Waals surface area (Å²) in [6.07, 6.45) is 0. The largest absolute Gasteiger partial charge is 0.496 e. The van der Waals surface area contributed by atoms with E-state index < -0.39 is 11.2 Å². The Morgan fingerprint density at radius 3 is 2.29 bits per heavy atom. The minimum Gasteiger partial charge on any atom is -0.496 e. The lowest BCUT2D eigenvalue weighted by atomic mass is 10.1. The Morgan fingerprint density at radius 2 is 1.74 bits per heavy atom. The topological polar surface area (TPSA) is 88.1 Å². The summed E-state index contributed by atoms with van der Waals surface area (Å²) in [7, 11) is 3.27. The average Bonchev–Trinajstić information content (AvgIpc) is 2.82. The summed E-state index contributed by atoms with van der Waals surface area (Å²) < 4.78 is 10.5. The van der Waals surface area contributed by atoms with E-state index >= 15 is 0 Å². The highest BCUT2D eigenvalue weighted by Gasteiger charge is 2.15. The SMILES string of the molecule is CC.COCCN(CC(=O)Nc1cc(C)c(OC)cc1C)Cc1ccc(SC(C)C(=O)O)cc1. The fourth-order valence-corrected chi connectivity index (χ4v) is 3.96. The molecule has 1 atom stereocenters. The van der Waals surface area contributed by atoms with Crippen molar-refractivity contribution in [2.75, 3.05) is 39.2 Å². The van der Waals surface area contributed by atoms with Crippen LogP contribution in [0.3, 0.4) is 0 Å². The second-order valence-corrected chi connectivity index (χ2v) is 9.04. The first kappa shape index (κ1) is 29.5. The van der Waals surface area contributed by atoms with Crippen LogP contribution in [0.4, 0.5) is 5.69 Å². The quantitative estimate of drug-likeness (QED) is 0.405. The maximum Gasteiger partial charge on any atom is 0.316 e. The maximum absolute atomic E-state index is 12.7. The van der Waals surface area contributed by atoms with Crippen LogP contribution in [-0.4, -0.2) is 61.0 Å². The summed E-state index contributed by atoms with van der Waals surface area (Å²) in [6.45, 7) is 11.5. The molecule has 0 bridgehead atoms. The molecule has 2 N–H and O–H groups in total. The number of amides is 1. The summed E-state index contributed by atoms with van der Waals surface area (Å²) in [5, 5.41) is 11.6. The van der Waals surface area contributed by atoms with Crippen molar-refractivity contribution in [1.82, 2.24) is 4.90 Å². The first-order valence-corrected chi connectivity index (χ1v) is 12.3. The molecule has 0 spiro atoms. The van der Waals surface area contributed by atoms with E-state index in [1.807, 2.05) is 69.0 Å². The number of carbonyl (C=O) groups is 2. The van der Waals surface area contributed by atoms with Gasteiger partial charge in [-0.05, 0) is 61.7 Å². The van der Waals surface area contributed by atoms with Crippen molar-refractivity contribution in [2.45, 2.75) is 51.3 Å². The molecule has 1 amide bonds. The third kappa shape index (κ3) is 9.75. The normalized spacial score (nSPS) is 11.4. The molecule has 8 heteroatoms. The predicted octanol–water partition coefficient (Wildman–Crippen LogP) is 4.99. The van der Waals surface area contributed by atoms with E-state index in [0.29, 0.717) is 19.7 Å². The average molecular weight is 491 g/mol.